The maximum absolute atomic E-state index is 11.8. The first-order valence-electron chi connectivity index (χ1n) is 6.86. The number of rotatable bonds is 6. The van der Waals surface area contributed by atoms with E-state index in [-0.39, 0.29) is 17.5 Å². The minimum absolute atomic E-state index is 0.0469. The normalized spacial score (nSPS) is 12.0. The minimum Gasteiger partial charge on any atom is -0.410 e. The van der Waals surface area contributed by atoms with Crippen LogP contribution in [0, 0.1) is 10.1 Å². The van der Waals surface area contributed by atoms with Crippen LogP contribution in [0.15, 0.2) is 41.1 Å². The third-order valence-corrected chi connectivity index (χ3v) is 3.95. The summed E-state index contributed by atoms with van der Waals surface area (Å²) in [7, 11) is 3.87. The van der Waals surface area contributed by atoms with E-state index in [0.29, 0.717) is 6.54 Å². The summed E-state index contributed by atoms with van der Waals surface area (Å²) in [6.45, 7) is 0.398. The summed E-state index contributed by atoms with van der Waals surface area (Å²) in [5.74, 6) is 0.255. The average molecular weight is 335 g/mol. The molecule has 1 atom stereocenters. The van der Waals surface area contributed by atoms with E-state index in [1.807, 2.05) is 35.8 Å². The second-order valence-electron chi connectivity index (χ2n) is 5.06. The fourth-order valence-corrected chi connectivity index (χ4v) is 2.73. The van der Waals surface area contributed by atoms with Crippen LogP contribution in [0.25, 0.3) is 0 Å². The van der Waals surface area contributed by atoms with Gasteiger partial charge in [-0.05, 0) is 48.6 Å². The zero-order chi connectivity index (χ0) is 16.8. The third-order valence-electron chi connectivity index (χ3n) is 3.25. The fraction of sp³-hybridized carbons (Fsp3) is 0.267. The highest BCUT2D eigenvalue weighted by molar-refractivity contribution is 7.07. The van der Waals surface area contributed by atoms with Crippen LogP contribution >= 0.6 is 11.3 Å². The molecule has 23 heavy (non-hydrogen) atoms. The fourth-order valence-electron chi connectivity index (χ4n) is 2.02. The number of likely N-dealkylation sites (N-methyl/N-ethyl adjacent to an activating group) is 1. The van der Waals surface area contributed by atoms with Gasteiger partial charge in [0.05, 0.1) is 11.0 Å². The van der Waals surface area contributed by atoms with E-state index in [2.05, 4.69) is 5.32 Å². The molecule has 2 rings (SSSR count). The highest BCUT2D eigenvalue weighted by Crippen LogP contribution is 2.20. The zero-order valence-electron chi connectivity index (χ0n) is 12.8. The van der Waals surface area contributed by atoms with Crippen LogP contribution < -0.4 is 10.1 Å². The molecular formula is C15H17N3O4S. The van der Waals surface area contributed by atoms with Gasteiger partial charge < -0.3 is 15.0 Å². The third kappa shape index (κ3) is 4.76. The molecule has 1 N–H and O–H groups in total. The number of benzene rings is 1. The molecule has 0 spiro atoms. The Kier molecular flexibility index (Phi) is 5.67. The summed E-state index contributed by atoms with van der Waals surface area (Å²) in [6, 6.07) is 7.41. The predicted octanol–water partition coefficient (Wildman–Crippen LogP) is 3.05. The maximum atomic E-state index is 11.8. The van der Waals surface area contributed by atoms with Gasteiger partial charge in [-0.2, -0.15) is 11.3 Å². The van der Waals surface area contributed by atoms with Gasteiger partial charge in [-0.3, -0.25) is 10.1 Å². The van der Waals surface area contributed by atoms with E-state index < -0.39 is 11.0 Å². The Morgan fingerprint density at radius 2 is 2.04 bits per heavy atom. The standard InChI is InChI=1S/C15H17N3O4S/c1-17(2)14(11-7-8-23-10-11)9-16-15(19)22-13-5-3-12(4-6-13)18(20)21/h3-8,10,14H,9H2,1-2H3,(H,16,19). The summed E-state index contributed by atoms with van der Waals surface area (Å²) in [5, 5.41) is 17.3. The zero-order valence-corrected chi connectivity index (χ0v) is 13.6. The van der Waals surface area contributed by atoms with Gasteiger partial charge in [0.25, 0.3) is 5.69 Å². The number of ether oxygens (including phenoxy) is 1. The Morgan fingerprint density at radius 1 is 1.35 bits per heavy atom. The van der Waals surface area contributed by atoms with Gasteiger partial charge in [-0.15, -0.1) is 0 Å². The second-order valence-corrected chi connectivity index (χ2v) is 5.84. The molecule has 8 heteroatoms. The van der Waals surface area contributed by atoms with Crippen molar-refractivity contribution < 1.29 is 14.5 Å². The van der Waals surface area contributed by atoms with Crippen LogP contribution in [-0.2, 0) is 0 Å². The van der Waals surface area contributed by atoms with Crippen LogP contribution in [0.1, 0.15) is 11.6 Å². The van der Waals surface area contributed by atoms with E-state index in [9.17, 15) is 14.9 Å². The number of hydrogen-bond donors (Lipinski definition) is 1. The van der Waals surface area contributed by atoms with Crippen molar-refractivity contribution in [3.8, 4) is 5.75 Å². The van der Waals surface area contributed by atoms with Crippen molar-refractivity contribution in [2.75, 3.05) is 20.6 Å². The maximum Gasteiger partial charge on any atom is 0.412 e. The Balaban J connectivity index is 1.90. The lowest BCUT2D eigenvalue weighted by molar-refractivity contribution is -0.384. The van der Waals surface area contributed by atoms with Gasteiger partial charge in [-0.25, -0.2) is 4.79 Å². The smallest absolute Gasteiger partial charge is 0.410 e. The monoisotopic (exact) mass is 335 g/mol. The number of nitrogens with one attached hydrogen (secondary N) is 1. The Morgan fingerprint density at radius 3 is 2.57 bits per heavy atom. The number of nitrogens with zero attached hydrogens (tertiary/aromatic N) is 2. The number of amides is 1. The molecule has 1 aromatic heterocycles. The lowest BCUT2D eigenvalue weighted by Gasteiger charge is -2.23. The number of nitro groups is 1. The van der Waals surface area contributed by atoms with E-state index in [1.54, 1.807) is 11.3 Å². The van der Waals surface area contributed by atoms with E-state index in [0.717, 1.165) is 5.56 Å². The van der Waals surface area contributed by atoms with Crippen molar-refractivity contribution in [2.45, 2.75) is 6.04 Å². The number of nitro benzene ring substituents is 1. The molecule has 1 amide bonds. The largest absolute Gasteiger partial charge is 0.412 e. The SMILES string of the molecule is CN(C)C(CNC(=O)Oc1ccc([N+](=O)[O-])cc1)c1ccsc1. The van der Waals surface area contributed by atoms with Crippen molar-refractivity contribution in [2.24, 2.45) is 0 Å². The topological polar surface area (TPSA) is 84.7 Å². The number of non-ortho nitro benzene ring substituents is 1. The summed E-state index contributed by atoms with van der Waals surface area (Å²) in [6.07, 6.45) is -0.596. The van der Waals surface area contributed by atoms with Crippen molar-refractivity contribution in [1.82, 2.24) is 10.2 Å². The molecule has 0 radical (unpaired) electrons. The van der Waals surface area contributed by atoms with Crippen LogP contribution in [0.2, 0.25) is 0 Å². The van der Waals surface area contributed by atoms with Gasteiger partial charge in [-0.1, -0.05) is 0 Å². The molecule has 122 valence electrons. The van der Waals surface area contributed by atoms with Gasteiger partial charge in [0.2, 0.25) is 0 Å². The predicted molar refractivity (Wildman–Crippen MR) is 87.9 cm³/mol. The van der Waals surface area contributed by atoms with Gasteiger partial charge in [0.15, 0.2) is 0 Å². The highest BCUT2D eigenvalue weighted by Gasteiger charge is 2.16. The number of carbonyl (C=O) groups is 1. The van der Waals surface area contributed by atoms with Crippen LogP contribution in [-0.4, -0.2) is 36.6 Å². The van der Waals surface area contributed by atoms with Gasteiger partial charge in [0.1, 0.15) is 5.75 Å². The number of thiophene rings is 1. The van der Waals surface area contributed by atoms with Crippen molar-refractivity contribution >= 4 is 23.1 Å². The highest BCUT2D eigenvalue weighted by atomic mass is 32.1. The Labute approximate surface area is 137 Å². The first-order valence-corrected chi connectivity index (χ1v) is 7.80. The van der Waals surface area contributed by atoms with Crippen molar-refractivity contribution in [1.29, 1.82) is 0 Å². The lowest BCUT2D eigenvalue weighted by atomic mass is 10.1. The summed E-state index contributed by atoms with van der Waals surface area (Å²) in [4.78, 5) is 23.9. The Bertz CT molecular complexity index is 656. The molecule has 0 aliphatic heterocycles. The first kappa shape index (κ1) is 16.9. The van der Waals surface area contributed by atoms with Gasteiger partial charge in [0, 0.05) is 18.7 Å². The molecular weight excluding hydrogens is 318 g/mol. The van der Waals surface area contributed by atoms with E-state index in [1.165, 1.54) is 24.3 Å². The number of hydrogen-bond acceptors (Lipinski definition) is 6. The lowest BCUT2D eigenvalue weighted by Crippen LogP contribution is -2.35. The first-order chi connectivity index (χ1) is 11.0. The van der Waals surface area contributed by atoms with Crippen molar-refractivity contribution in [3.05, 3.63) is 56.8 Å². The summed E-state index contributed by atoms with van der Waals surface area (Å²) < 4.78 is 5.11. The summed E-state index contributed by atoms with van der Waals surface area (Å²) in [5.41, 5.74) is 1.07. The van der Waals surface area contributed by atoms with E-state index in [4.69, 9.17) is 4.74 Å². The summed E-state index contributed by atoms with van der Waals surface area (Å²) >= 11 is 1.60. The van der Waals surface area contributed by atoms with Crippen LogP contribution in [0.4, 0.5) is 10.5 Å². The molecule has 0 fully saturated rings. The van der Waals surface area contributed by atoms with Gasteiger partial charge >= 0.3 is 6.09 Å². The molecule has 0 saturated carbocycles. The van der Waals surface area contributed by atoms with E-state index >= 15 is 0 Å². The average Bonchev–Trinajstić information content (AvgIpc) is 3.01. The molecule has 1 aromatic carbocycles. The minimum atomic E-state index is -0.596. The van der Waals surface area contributed by atoms with Crippen molar-refractivity contribution in [3.63, 3.8) is 0 Å². The molecule has 2 aromatic rings. The van der Waals surface area contributed by atoms with Crippen LogP contribution in [0.3, 0.4) is 0 Å². The molecule has 0 saturated heterocycles. The molecule has 0 aliphatic carbocycles. The molecule has 1 heterocycles. The Hall–Kier alpha value is -2.45. The quantitative estimate of drug-likeness (QED) is 0.648. The number of carbonyl (C=O) groups excluding carboxylic acids is 1. The molecule has 0 bridgehead atoms. The second kappa shape index (κ2) is 7.70. The molecule has 7 nitrogen and oxygen atoms in total. The van der Waals surface area contributed by atoms with Crippen LogP contribution in [0.5, 0.6) is 5.75 Å². The molecule has 1 unspecified atom stereocenters. The molecule has 0 aliphatic rings.